The maximum atomic E-state index is 10.4. The van der Waals surface area contributed by atoms with Gasteiger partial charge in [0.05, 0.1) is 18.9 Å². The molecule has 0 bridgehead atoms. The molecule has 7 nitrogen and oxygen atoms in total. The molecule has 1 amide bonds. The molecule has 1 aliphatic heterocycles. The molecular weight excluding hydrogens is 236 g/mol. The number of amides is 1. The summed E-state index contributed by atoms with van der Waals surface area (Å²) in [6.45, 7) is 4.03. The number of nitrogens with zero attached hydrogens (tertiary/aromatic N) is 2. The van der Waals surface area contributed by atoms with Gasteiger partial charge in [0.1, 0.15) is 5.82 Å². The average molecular weight is 252 g/mol. The van der Waals surface area contributed by atoms with Crippen molar-refractivity contribution in [2.75, 3.05) is 31.7 Å². The van der Waals surface area contributed by atoms with Gasteiger partial charge >= 0.3 is 6.09 Å². The topological polar surface area (TPSA) is 86.7 Å². The Hall–Kier alpha value is -1.86. The Morgan fingerprint density at radius 1 is 1.44 bits per heavy atom. The monoisotopic (exact) mass is 252 g/mol. The van der Waals surface area contributed by atoms with Crippen molar-refractivity contribution in [3.05, 3.63) is 23.9 Å². The molecule has 1 saturated heterocycles. The van der Waals surface area contributed by atoms with Crippen molar-refractivity contribution in [1.82, 2.24) is 15.3 Å². The second kappa shape index (κ2) is 6.18. The molecule has 1 aromatic rings. The molecule has 0 saturated carbocycles. The molecule has 0 aromatic carbocycles. The number of aromatic nitrogens is 1. The average Bonchev–Trinajstić information content (AvgIpc) is 2.38. The lowest BCUT2D eigenvalue weighted by Crippen LogP contribution is -2.36. The third-order valence-electron chi connectivity index (χ3n) is 2.59. The van der Waals surface area contributed by atoms with Crippen LogP contribution in [0.15, 0.2) is 18.2 Å². The molecule has 1 aliphatic rings. The Morgan fingerprint density at radius 3 is 2.94 bits per heavy atom. The summed E-state index contributed by atoms with van der Waals surface area (Å²) in [5.74, 6) is 0.489. The smallest absolute Gasteiger partial charge is 0.423 e. The minimum Gasteiger partial charge on any atom is -0.464 e. The van der Waals surface area contributed by atoms with Crippen LogP contribution in [0.4, 0.5) is 10.6 Å². The first-order valence-electron chi connectivity index (χ1n) is 5.75. The standard InChI is InChI=1S/C11H16N4O3/c16-11(17)14-13-10-3-1-2-9(12-10)8-15-4-6-18-7-5-15/h1-3,14H,4-8H2,(H,12,13)(H,16,17). The van der Waals surface area contributed by atoms with Gasteiger partial charge in [-0.05, 0) is 12.1 Å². The van der Waals surface area contributed by atoms with Crippen molar-refractivity contribution in [3.8, 4) is 0 Å². The predicted molar refractivity (Wildman–Crippen MR) is 65.1 cm³/mol. The number of ether oxygens (including phenoxy) is 1. The maximum absolute atomic E-state index is 10.4. The van der Waals surface area contributed by atoms with Crippen molar-refractivity contribution in [1.29, 1.82) is 0 Å². The summed E-state index contributed by atoms with van der Waals surface area (Å²) in [7, 11) is 0. The number of hydrazine groups is 1. The zero-order chi connectivity index (χ0) is 12.8. The number of morpholine rings is 1. The fraction of sp³-hybridized carbons (Fsp3) is 0.455. The Morgan fingerprint density at radius 2 is 2.22 bits per heavy atom. The third kappa shape index (κ3) is 3.86. The van der Waals surface area contributed by atoms with Crippen LogP contribution in [0.2, 0.25) is 0 Å². The van der Waals surface area contributed by atoms with E-state index in [1.165, 1.54) is 0 Å². The van der Waals surface area contributed by atoms with Gasteiger partial charge < -0.3 is 9.84 Å². The van der Waals surface area contributed by atoms with Gasteiger partial charge in [-0.3, -0.25) is 10.3 Å². The Balaban J connectivity index is 1.91. The zero-order valence-corrected chi connectivity index (χ0v) is 9.93. The largest absolute Gasteiger partial charge is 0.464 e. The van der Waals surface area contributed by atoms with Crippen molar-refractivity contribution in [2.45, 2.75) is 6.54 Å². The quantitative estimate of drug-likeness (QED) is 0.677. The molecular formula is C11H16N4O3. The van der Waals surface area contributed by atoms with E-state index in [0.717, 1.165) is 38.5 Å². The number of carbonyl (C=O) groups is 1. The molecule has 1 aromatic heterocycles. The van der Waals surface area contributed by atoms with Crippen LogP contribution < -0.4 is 10.9 Å². The summed E-state index contributed by atoms with van der Waals surface area (Å²) in [4.78, 5) is 16.9. The van der Waals surface area contributed by atoms with E-state index in [2.05, 4.69) is 20.7 Å². The first-order chi connectivity index (χ1) is 8.74. The van der Waals surface area contributed by atoms with E-state index < -0.39 is 6.09 Å². The minimum absolute atomic E-state index is 0.489. The molecule has 0 unspecified atom stereocenters. The Bertz CT molecular complexity index is 407. The van der Waals surface area contributed by atoms with Crippen LogP contribution in [0.25, 0.3) is 0 Å². The summed E-state index contributed by atoms with van der Waals surface area (Å²) in [6, 6.07) is 5.47. The van der Waals surface area contributed by atoms with Gasteiger partial charge in [-0.25, -0.2) is 15.2 Å². The van der Waals surface area contributed by atoms with Gasteiger partial charge in [-0.1, -0.05) is 6.07 Å². The zero-order valence-electron chi connectivity index (χ0n) is 9.93. The first-order valence-corrected chi connectivity index (χ1v) is 5.75. The maximum Gasteiger partial charge on any atom is 0.423 e. The molecule has 98 valence electrons. The molecule has 1 fully saturated rings. The van der Waals surface area contributed by atoms with E-state index in [-0.39, 0.29) is 0 Å². The number of rotatable bonds is 4. The molecule has 2 rings (SSSR count). The van der Waals surface area contributed by atoms with E-state index in [0.29, 0.717) is 5.82 Å². The first kappa shape index (κ1) is 12.6. The summed E-state index contributed by atoms with van der Waals surface area (Å²) < 4.78 is 5.28. The highest BCUT2D eigenvalue weighted by Gasteiger charge is 2.11. The van der Waals surface area contributed by atoms with Gasteiger partial charge in [0.25, 0.3) is 0 Å². The van der Waals surface area contributed by atoms with Crippen molar-refractivity contribution >= 4 is 11.9 Å². The highest BCUT2D eigenvalue weighted by molar-refractivity contribution is 5.66. The lowest BCUT2D eigenvalue weighted by atomic mass is 10.3. The van der Waals surface area contributed by atoms with Gasteiger partial charge in [0.15, 0.2) is 0 Å². The van der Waals surface area contributed by atoms with Crippen molar-refractivity contribution < 1.29 is 14.6 Å². The molecule has 0 radical (unpaired) electrons. The second-order valence-electron chi connectivity index (χ2n) is 3.96. The molecule has 0 spiro atoms. The third-order valence-corrected chi connectivity index (χ3v) is 2.59. The molecule has 7 heteroatoms. The molecule has 18 heavy (non-hydrogen) atoms. The van der Waals surface area contributed by atoms with Crippen LogP contribution in [0.5, 0.6) is 0 Å². The van der Waals surface area contributed by atoms with Crippen molar-refractivity contribution in [2.24, 2.45) is 0 Å². The normalized spacial score (nSPS) is 16.2. The lowest BCUT2D eigenvalue weighted by molar-refractivity contribution is 0.0336. The van der Waals surface area contributed by atoms with Gasteiger partial charge in [-0.2, -0.15) is 0 Å². The number of anilines is 1. The van der Waals surface area contributed by atoms with Crippen LogP contribution in [-0.2, 0) is 11.3 Å². The number of hydrogen-bond donors (Lipinski definition) is 3. The highest BCUT2D eigenvalue weighted by Crippen LogP contribution is 2.08. The van der Waals surface area contributed by atoms with Gasteiger partial charge in [0, 0.05) is 19.6 Å². The van der Waals surface area contributed by atoms with E-state index in [1.54, 1.807) is 6.07 Å². The van der Waals surface area contributed by atoms with Crippen molar-refractivity contribution in [3.63, 3.8) is 0 Å². The van der Waals surface area contributed by atoms with Gasteiger partial charge in [0.2, 0.25) is 0 Å². The highest BCUT2D eigenvalue weighted by atomic mass is 16.5. The number of carboxylic acid groups (broad SMARTS) is 1. The number of pyridine rings is 1. The molecule has 0 aliphatic carbocycles. The van der Waals surface area contributed by atoms with E-state index >= 15 is 0 Å². The molecule has 2 heterocycles. The summed E-state index contributed by atoms with van der Waals surface area (Å²) >= 11 is 0. The van der Waals surface area contributed by atoms with E-state index in [4.69, 9.17) is 9.84 Å². The molecule has 3 N–H and O–H groups in total. The fourth-order valence-electron chi connectivity index (χ4n) is 1.74. The fourth-order valence-corrected chi connectivity index (χ4v) is 1.74. The van der Waals surface area contributed by atoms with E-state index in [9.17, 15) is 4.79 Å². The van der Waals surface area contributed by atoms with Gasteiger partial charge in [-0.15, -0.1) is 0 Å². The van der Waals surface area contributed by atoms with Crippen LogP contribution in [0, 0.1) is 0 Å². The lowest BCUT2D eigenvalue weighted by Gasteiger charge is -2.26. The minimum atomic E-state index is -1.14. The predicted octanol–water partition coefficient (Wildman–Crippen LogP) is 0.508. The number of nitrogens with one attached hydrogen (secondary N) is 2. The number of hydrogen-bond acceptors (Lipinski definition) is 5. The molecule has 0 atom stereocenters. The Kier molecular flexibility index (Phi) is 4.32. The van der Waals surface area contributed by atoms with Crippen LogP contribution in [-0.4, -0.2) is 47.4 Å². The summed E-state index contributed by atoms with van der Waals surface area (Å²) in [6.07, 6.45) is -1.14. The SMILES string of the molecule is O=C(O)NNc1cccc(CN2CCOCC2)n1. The second-order valence-corrected chi connectivity index (χ2v) is 3.96. The summed E-state index contributed by atoms with van der Waals surface area (Å²) in [5.41, 5.74) is 5.48. The summed E-state index contributed by atoms with van der Waals surface area (Å²) in [5, 5.41) is 8.48. The van der Waals surface area contributed by atoms with Crippen LogP contribution in [0.3, 0.4) is 0 Å². The Labute approximate surface area is 105 Å². The van der Waals surface area contributed by atoms with E-state index in [1.807, 2.05) is 12.1 Å². The van der Waals surface area contributed by atoms with Crippen LogP contribution >= 0.6 is 0 Å². The van der Waals surface area contributed by atoms with Crippen LogP contribution in [0.1, 0.15) is 5.69 Å².